The van der Waals surface area contributed by atoms with E-state index in [1.54, 1.807) is 7.11 Å². The summed E-state index contributed by atoms with van der Waals surface area (Å²) in [5.41, 5.74) is 3.27. The normalized spacial score (nSPS) is 12.4. The Kier molecular flexibility index (Phi) is 5.36. The quantitative estimate of drug-likeness (QED) is 0.816. The van der Waals surface area contributed by atoms with Gasteiger partial charge in [-0.05, 0) is 24.1 Å². The lowest BCUT2D eigenvalue weighted by Crippen LogP contribution is -2.24. The maximum atomic E-state index is 9.63. The Morgan fingerprint density at radius 2 is 2.24 bits per heavy atom. The van der Waals surface area contributed by atoms with Crippen LogP contribution in [-0.2, 0) is 20.0 Å². The third kappa shape index (κ3) is 3.83. The highest BCUT2D eigenvalue weighted by Gasteiger charge is 2.13. The molecule has 0 aliphatic rings. The highest BCUT2D eigenvalue weighted by Crippen LogP contribution is 2.19. The Morgan fingerprint density at radius 3 is 2.90 bits per heavy atom. The summed E-state index contributed by atoms with van der Waals surface area (Å²) < 4.78 is 7.06. The van der Waals surface area contributed by atoms with Crippen molar-refractivity contribution in [3.05, 3.63) is 47.3 Å². The van der Waals surface area contributed by atoms with Gasteiger partial charge in [-0.25, -0.2) is 0 Å². The second-order valence-electron chi connectivity index (χ2n) is 5.02. The van der Waals surface area contributed by atoms with Crippen LogP contribution in [0.3, 0.4) is 0 Å². The van der Waals surface area contributed by atoms with E-state index in [0.717, 1.165) is 23.4 Å². The molecule has 1 aromatic carbocycles. The summed E-state index contributed by atoms with van der Waals surface area (Å²) >= 11 is 0. The summed E-state index contributed by atoms with van der Waals surface area (Å²) in [4.78, 5) is 0. The fraction of sp³-hybridized carbons (Fsp3) is 0.438. The number of aryl methyl sites for hydroxylation is 2. The van der Waals surface area contributed by atoms with Crippen LogP contribution in [0.1, 0.15) is 29.8 Å². The molecule has 0 saturated carbocycles. The average molecular weight is 289 g/mol. The van der Waals surface area contributed by atoms with Crippen LogP contribution in [0.25, 0.3) is 0 Å². The van der Waals surface area contributed by atoms with Gasteiger partial charge in [0.15, 0.2) is 0 Å². The fourth-order valence-corrected chi connectivity index (χ4v) is 2.41. The monoisotopic (exact) mass is 289 g/mol. The largest absolute Gasteiger partial charge is 0.497 e. The molecule has 21 heavy (non-hydrogen) atoms. The standard InChI is InChI=1S/C16H23N3O2/c1-4-15-13(10-19(2)18-15)9-17-16(11-20)12-6-5-7-14(8-12)21-3/h5-8,10,16-17,20H,4,9,11H2,1-3H3. The fourth-order valence-electron chi connectivity index (χ4n) is 2.41. The molecule has 2 rings (SSSR count). The summed E-state index contributed by atoms with van der Waals surface area (Å²) in [5, 5.41) is 17.4. The smallest absolute Gasteiger partial charge is 0.119 e. The lowest BCUT2D eigenvalue weighted by molar-refractivity contribution is 0.243. The van der Waals surface area contributed by atoms with Crippen molar-refractivity contribution in [2.45, 2.75) is 25.9 Å². The number of rotatable bonds is 7. The molecular weight excluding hydrogens is 266 g/mol. The maximum absolute atomic E-state index is 9.63. The zero-order valence-corrected chi connectivity index (χ0v) is 12.8. The Hall–Kier alpha value is -1.85. The van der Waals surface area contributed by atoms with Crippen molar-refractivity contribution in [1.29, 1.82) is 0 Å². The molecule has 0 amide bonds. The summed E-state index contributed by atoms with van der Waals surface area (Å²) in [6, 6.07) is 7.64. The van der Waals surface area contributed by atoms with Crippen molar-refractivity contribution in [3.8, 4) is 5.75 Å². The van der Waals surface area contributed by atoms with Gasteiger partial charge < -0.3 is 15.2 Å². The SMILES string of the molecule is CCc1nn(C)cc1CNC(CO)c1cccc(OC)c1. The Labute approximate surface area is 125 Å². The van der Waals surface area contributed by atoms with E-state index < -0.39 is 0 Å². The lowest BCUT2D eigenvalue weighted by Gasteiger charge is -2.17. The summed E-state index contributed by atoms with van der Waals surface area (Å²) in [5.74, 6) is 0.795. The van der Waals surface area contributed by atoms with Gasteiger partial charge in [0.1, 0.15) is 5.75 Å². The van der Waals surface area contributed by atoms with Crippen molar-refractivity contribution in [3.63, 3.8) is 0 Å². The van der Waals surface area contributed by atoms with Gasteiger partial charge in [-0.15, -0.1) is 0 Å². The van der Waals surface area contributed by atoms with Crippen LogP contribution in [0.15, 0.2) is 30.5 Å². The zero-order valence-electron chi connectivity index (χ0n) is 12.8. The summed E-state index contributed by atoms with van der Waals surface area (Å²) in [6.45, 7) is 2.81. The number of aliphatic hydroxyl groups is 1. The molecular formula is C16H23N3O2. The Bertz CT molecular complexity index is 581. The number of aromatic nitrogens is 2. The first-order valence-corrected chi connectivity index (χ1v) is 7.17. The molecule has 2 N–H and O–H groups in total. The number of nitrogens with zero attached hydrogens (tertiary/aromatic N) is 2. The minimum atomic E-state index is -0.120. The molecule has 0 spiro atoms. The van der Waals surface area contributed by atoms with Crippen LogP contribution in [-0.4, -0.2) is 28.6 Å². The van der Waals surface area contributed by atoms with Gasteiger partial charge >= 0.3 is 0 Å². The van der Waals surface area contributed by atoms with E-state index in [1.165, 1.54) is 5.56 Å². The molecule has 0 aliphatic heterocycles. The number of benzene rings is 1. The van der Waals surface area contributed by atoms with E-state index in [4.69, 9.17) is 4.74 Å². The minimum absolute atomic E-state index is 0.0366. The highest BCUT2D eigenvalue weighted by molar-refractivity contribution is 5.30. The Morgan fingerprint density at radius 1 is 1.43 bits per heavy atom. The summed E-state index contributed by atoms with van der Waals surface area (Å²) in [7, 11) is 3.57. The zero-order chi connectivity index (χ0) is 15.2. The highest BCUT2D eigenvalue weighted by atomic mass is 16.5. The molecule has 5 heteroatoms. The van der Waals surface area contributed by atoms with Gasteiger partial charge in [0.05, 0.1) is 25.5 Å². The molecule has 2 aromatic rings. The number of methoxy groups -OCH3 is 1. The van der Waals surface area contributed by atoms with Gasteiger partial charge in [0.2, 0.25) is 0 Å². The second-order valence-corrected chi connectivity index (χ2v) is 5.02. The molecule has 1 aromatic heterocycles. The van der Waals surface area contributed by atoms with E-state index in [-0.39, 0.29) is 12.6 Å². The van der Waals surface area contributed by atoms with Crippen molar-refractivity contribution < 1.29 is 9.84 Å². The number of hydrogen-bond donors (Lipinski definition) is 2. The first kappa shape index (κ1) is 15.5. The minimum Gasteiger partial charge on any atom is -0.497 e. The molecule has 0 radical (unpaired) electrons. The molecule has 1 atom stereocenters. The summed E-state index contributed by atoms with van der Waals surface area (Å²) in [6.07, 6.45) is 2.92. The maximum Gasteiger partial charge on any atom is 0.119 e. The van der Waals surface area contributed by atoms with E-state index in [0.29, 0.717) is 6.54 Å². The molecule has 1 unspecified atom stereocenters. The second kappa shape index (κ2) is 7.24. The molecule has 114 valence electrons. The Balaban J connectivity index is 2.08. The van der Waals surface area contributed by atoms with Crippen molar-refractivity contribution in [1.82, 2.24) is 15.1 Å². The third-order valence-electron chi connectivity index (χ3n) is 3.54. The van der Waals surface area contributed by atoms with Gasteiger partial charge in [0, 0.05) is 25.4 Å². The molecule has 1 heterocycles. The topological polar surface area (TPSA) is 59.3 Å². The van der Waals surface area contributed by atoms with E-state index in [2.05, 4.69) is 17.3 Å². The molecule has 5 nitrogen and oxygen atoms in total. The first-order chi connectivity index (χ1) is 10.2. The van der Waals surface area contributed by atoms with Crippen LogP contribution in [0, 0.1) is 0 Å². The first-order valence-electron chi connectivity index (χ1n) is 7.17. The average Bonchev–Trinajstić information content (AvgIpc) is 2.88. The number of aliphatic hydroxyl groups excluding tert-OH is 1. The van der Waals surface area contributed by atoms with Crippen molar-refractivity contribution in [2.75, 3.05) is 13.7 Å². The van der Waals surface area contributed by atoms with Crippen LogP contribution in [0.4, 0.5) is 0 Å². The van der Waals surface area contributed by atoms with Gasteiger partial charge in [0.25, 0.3) is 0 Å². The van der Waals surface area contributed by atoms with Gasteiger partial charge in [-0.3, -0.25) is 4.68 Å². The van der Waals surface area contributed by atoms with E-state index in [1.807, 2.05) is 42.2 Å². The lowest BCUT2D eigenvalue weighted by atomic mass is 10.1. The number of hydrogen-bond acceptors (Lipinski definition) is 4. The molecule has 0 aliphatic carbocycles. The van der Waals surface area contributed by atoms with E-state index >= 15 is 0 Å². The molecule has 0 fully saturated rings. The molecule has 0 bridgehead atoms. The predicted octanol–water partition coefficient (Wildman–Crippen LogP) is 1.81. The van der Waals surface area contributed by atoms with Crippen LogP contribution in [0.5, 0.6) is 5.75 Å². The van der Waals surface area contributed by atoms with Crippen LogP contribution < -0.4 is 10.1 Å². The van der Waals surface area contributed by atoms with Gasteiger partial charge in [-0.2, -0.15) is 5.10 Å². The van der Waals surface area contributed by atoms with Crippen molar-refractivity contribution >= 4 is 0 Å². The predicted molar refractivity (Wildman–Crippen MR) is 82.2 cm³/mol. The van der Waals surface area contributed by atoms with Crippen LogP contribution >= 0.6 is 0 Å². The van der Waals surface area contributed by atoms with Gasteiger partial charge in [-0.1, -0.05) is 19.1 Å². The molecule has 0 saturated heterocycles. The van der Waals surface area contributed by atoms with Crippen molar-refractivity contribution in [2.24, 2.45) is 7.05 Å². The number of nitrogens with one attached hydrogen (secondary N) is 1. The van der Waals surface area contributed by atoms with Crippen LogP contribution in [0.2, 0.25) is 0 Å². The number of ether oxygens (including phenoxy) is 1. The van der Waals surface area contributed by atoms with E-state index in [9.17, 15) is 5.11 Å². The third-order valence-corrected chi connectivity index (χ3v) is 3.54.